The highest BCUT2D eigenvalue weighted by Crippen LogP contribution is 2.26. The Morgan fingerprint density at radius 2 is 1.61 bits per heavy atom. The SMILES string of the molecule is Cc1ccc(OCc2cc(C)ccc2C)c(Br)c1. The molecule has 1 nitrogen and oxygen atoms in total. The van der Waals surface area contributed by atoms with Crippen molar-refractivity contribution in [2.75, 3.05) is 0 Å². The molecule has 0 radical (unpaired) electrons. The van der Waals surface area contributed by atoms with E-state index in [1.807, 2.05) is 6.07 Å². The van der Waals surface area contributed by atoms with Crippen LogP contribution in [0.1, 0.15) is 22.3 Å². The Kier molecular flexibility index (Phi) is 4.07. The fraction of sp³-hybridized carbons (Fsp3) is 0.250. The van der Waals surface area contributed by atoms with Crippen LogP contribution in [0.3, 0.4) is 0 Å². The van der Waals surface area contributed by atoms with Crippen LogP contribution in [0.15, 0.2) is 40.9 Å². The van der Waals surface area contributed by atoms with Gasteiger partial charge in [-0.05, 0) is 65.5 Å². The molecule has 2 heteroatoms. The summed E-state index contributed by atoms with van der Waals surface area (Å²) in [6.45, 7) is 6.89. The van der Waals surface area contributed by atoms with Gasteiger partial charge in [0.1, 0.15) is 12.4 Å². The van der Waals surface area contributed by atoms with E-state index < -0.39 is 0 Å². The molecule has 0 amide bonds. The lowest BCUT2D eigenvalue weighted by molar-refractivity contribution is 0.303. The van der Waals surface area contributed by atoms with Crippen LogP contribution in [-0.2, 0) is 6.61 Å². The van der Waals surface area contributed by atoms with Crippen LogP contribution in [0.25, 0.3) is 0 Å². The Bertz CT molecular complexity index is 561. The molecule has 94 valence electrons. The Morgan fingerprint density at radius 3 is 2.33 bits per heavy atom. The van der Waals surface area contributed by atoms with Crippen LogP contribution in [-0.4, -0.2) is 0 Å². The van der Waals surface area contributed by atoms with Gasteiger partial charge in [0.15, 0.2) is 0 Å². The van der Waals surface area contributed by atoms with Crippen molar-refractivity contribution >= 4 is 15.9 Å². The Balaban J connectivity index is 2.13. The van der Waals surface area contributed by atoms with E-state index in [1.54, 1.807) is 0 Å². The van der Waals surface area contributed by atoms with Gasteiger partial charge in [0.05, 0.1) is 4.47 Å². The minimum Gasteiger partial charge on any atom is -0.488 e. The predicted octanol–water partition coefficient (Wildman–Crippen LogP) is 4.95. The van der Waals surface area contributed by atoms with Crippen LogP contribution < -0.4 is 4.74 Å². The monoisotopic (exact) mass is 304 g/mol. The number of rotatable bonds is 3. The number of hydrogen-bond acceptors (Lipinski definition) is 1. The first-order chi connectivity index (χ1) is 8.56. The molecule has 2 aromatic carbocycles. The van der Waals surface area contributed by atoms with E-state index in [2.05, 4.69) is 67.0 Å². The third-order valence-electron chi connectivity index (χ3n) is 2.98. The Hall–Kier alpha value is -1.28. The molecule has 0 aliphatic heterocycles. The van der Waals surface area contributed by atoms with Gasteiger partial charge >= 0.3 is 0 Å². The number of halogens is 1. The predicted molar refractivity (Wildman–Crippen MR) is 79.1 cm³/mol. The zero-order valence-electron chi connectivity index (χ0n) is 11.0. The van der Waals surface area contributed by atoms with E-state index >= 15 is 0 Å². The zero-order valence-corrected chi connectivity index (χ0v) is 12.5. The lowest BCUT2D eigenvalue weighted by Gasteiger charge is -2.11. The Labute approximate surface area is 117 Å². The van der Waals surface area contributed by atoms with Crippen molar-refractivity contribution in [3.8, 4) is 5.75 Å². The topological polar surface area (TPSA) is 9.23 Å². The molecule has 2 rings (SSSR count). The van der Waals surface area contributed by atoms with Gasteiger partial charge < -0.3 is 4.74 Å². The molecule has 0 aliphatic carbocycles. The summed E-state index contributed by atoms with van der Waals surface area (Å²) in [5.41, 5.74) is 4.99. The lowest BCUT2D eigenvalue weighted by atomic mass is 10.1. The number of ether oxygens (including phenoxy) is 1. The van der Waals surface area contributed by atoms with Gasteiger partial charge in [0, 0.05) is 0 Å². The van der Waals surface area contributed by atoms with Crippen molar-refractivity contribution in [3.05, 3.63) is 63.1 Å². The van der Waals surface area contributed by atoms with Gasteiger partial charge in [-0.3, -0.25) is 0 Å². The second-order valence-corrected chi connectivity index (χ2v) is 5.51. The summed E-state index contributed by atoms with van der Waals surface area (Å²) < 4.78 is 6.87. The first kappa shape index (κ1) is 13.2. The first-order valence-electron chi connectivity index (χ1n) is 6.01. The van der Waals surface area contributed by atoms with E-state index in [1.165, 1.54) is 22.3 Å². The molecular formula is C16H17BrO. The number of benzene rings is 2. The summed E-state index contributed by atoms with van der Waals surface area (Å²) in [6.07, 6.45) is 0. The number of hydrogen-bond donors (Lipinski definition) is 0. The van der Waals surface area contributed by atoms with E-state index in [4.69, 9.17) is 4.74 Å². The average Bonchev–Trinajstić information content (AvgIpc) is 2.32. The van der Waals surface area contributed by atoms with Crippen molar-refractivity contribution in [2.24, 2.45) is 0 Å². The minimum atomic E-state index is 0.606. The van der Waals surface area contributed by atoms with E-state index in [-0.39, 0.29) is 0 Å². The van der Waals surface area contributed by atoms with Gasteiger partial charge in [-0.25, -0.2) is 0 Å². The summed E-state index contributed by atoms with van der Waals surface area (Å²) >= 11 is 3.53. The van der Waals surface area contributed by atoms with Crippen molar-refractivity contribution in [1.29, 1.82) is 0 Å². The zero-order chi connectivity index (χ0) is 13.1. The molecule has 2 aromatic rings. The van der Waals surface area contributed by atoms with Crippen LogP contribution >= 0.6 is 15.9 Å². The smallest absolute Gasteiger partial charge is 0.134 e. The second-order valence-electron chi connectivity index (χ2n) is 4.65. The highest BCUT2D eigenvalue weighted by molar-refractivity contribution is 9.10. The molecule has 0 aromatic heterocycles. The van der Waals surface area contributed by atoms with Crippen LogP contribution in [0.2, 0.25) is 0 Å². The van der Waals surface area contributed by atoms with E-state index in [0.29, 0.717) is 6.61 Å². The molecule has 18 heavy (non-hydrogen) atoms. The highest BCUT2D eigenvalue weighted by Gasteiger charge is 2.03. The maximum atomic E-state index is 5.87. The van der Waals surface area contributed by atoms with Crippen LogP contribution in [0.5, 0.6) is 5.75 Å². The van der Waals surface area contributed by atoms with Crippen molar-refractivity contribution < 1.29 is 4.74 Å². The molecule has 0 spiro atoms. The molecule has 0 saturated heterocycles. The molecule has 0 aliphatic rings. The van der Waals surface area contributed by atoms with E-state index in [0.717, 1.165) is 10.2 Å². The van der Waals surface area contributed by atoms with Crippen LogP contribution in [0.4, 0.5) is 0 Å². The summed E-state index contributed by atoms with van der Waals surface area (Å²) in [5.74, 6) is 0.890. The molecule has 0 unspecified atom stereocenters. The third kappa shape index (κ3) is 3.14. The molecule has 0 bridgehead atoms. The van der Waals surface area contributed by atoms with Gasteiger partial charge in [0.25, 0.3) is 0 Å². The third-order valence-corrected chi connectivity index (χ3v) is 3.59. The molecule has 0 atom stereocenters. The standard InChI is InChI=1S/C16H17BrO/c1-11-4-6-13(3)14(8-11)10-18-16-7-5-12(2)9-15(16)17/h4-9H,10H2,1-3H3. The normalized spacial score (nSPS) is 10.4. The second kappa shape index (κ2) is 5.57. The van der Waals surface area contributed by atoms with Gasteiger partial charge in [-0.2, -0.15) is 0 Å². The van der Waals surface area contributed by atoms with E-state index in [9.17, 15) is 0 Å². The molecule has 0 saturated carbocycles. The maximum Gasteiger partial charge on any atom is 0.134 e. The Morgan fingerprint density at radius 1 is 0.944 bits per heavy atom. The minimum absolute atomic E-state index is 0.606. The summed E-state index contributed by atoms with van der Waals surface area (Å²) in [4.78, 5) is 0. The summed E-state index contributed by atoms with van der Waals surface area (Å²) in [7, 11) is 0. The van der Waals surface area contributed by atoms with Gasteiger partial charge in [-0.15, -0.1) is 0 Å². The fourth-order valence-electron chi connectivity index (χ4n) is 1.83. The largest absolute Gasteiger partial charge is 0.488 e. The summed E-state index contributed by atoms with van der Waals surface area (Å²) in [6, 6.07) is 12.6. The molecular weight excluding hydrogens is 288 g/mol. The van der Waals surface area contributed by atoms with Crippen molar-refractivity contribution in [1.82, 2.24) is 0 Å². The highest BCUT2D eigenvalue weighted by atomic mass is 79.9. The van der Waals surface area contributed by atoms with Crippen molar-refractivity contribution in [3.63, 3.8) is 0 Å². The summed E-state index contributed by atoms with van der Waals surface area (Å²) in [5, 5.41) is 0. The molecule has 0 fully saturated rings. The first-order valence-corrected chi connectivity index (χ1v) is 6.80. The lowest BCUT2D eigenvalue weighted by Crippen LogP contribution is -1.99. The molecule has 0 heterocycles. The fourth-order valence-corrected chi connectivity index (χ4v) is 2.44. The van der Waals surface area contributed by atoms with Gasteiger partial charge in [0.2, 0.25) is 0 Å². The quantitative estimate of drug-likeness (QED) is 0.779. The number of aryl methyl sites for hydroxylation is 3. The maximum absolute atomic E-state index is 5.87. The van der Waals surface area contributed by atoms with Gasteiger partial charge in [-0.1, -0.05) is 29.8 Å². The van der Waals surface area contributed by atoms with Crippen molar-refractivity contribution in [2.45, 2.75) is 27.4 Å². The molecule has 0 N–H and O–H groups in total. The van der Waals surface area contributed by atoms with Crippen LogP contribution in [0, 0.1) is 20.8 Å². The average molecular weight is 305 g/mol.